The van der Waals surface area contributed by atoms with Crippen molar-refractivity contribution < 1.29 is 9.72 Å². The molecule has 0 aliphatic carbocycles. The monoisotopic (exact) mass is 353 g/mol. The number of nitrogens with zero attached hydrogens (tertiary/aromatic N) is 3. The van der Waals surface area contributed by atoms with Gasteiger partial charge in [-0.05, 0) is 6.07 Å². The van der Waals surface area contributed by atoms with E-state index in [1.54, 1.807) is 0 Å². The molecule has 1 heterocycles. The topological polar surface area (TPSA) is 128 Å². The smallest absolute Gasteiger partial charge is 0.283 e. The van der Waals surface area contributed by atoms with E-state index in [0.29, 0.717) is 0 Å². The summed E-state index contributed by atoms with van der Waals surface area (Å²) < 4.78 is 2.00. The van der Waals surface area contributed by atoms with Crippen molar-refractivity contribution in [2.45, 2.75) is 0 Å². The lowest BCUT2D eigenvalue weighted by atomic mass is 10.2. The molecule has 11 heteroatoms. The number of anilines is 1. The molecule has 24 heavy (non-hydrogen) atoms. The Morgan fingerprint density at radius 3 is 2.50 bits per heavy atom. The second kappa shape index (κ2) is 6.54. The lowest BCUT2D eigenvalue weighted by Crippen LogP contribution is -2.40. The number of halogens is 1. The first-order valence-electron chi connectivity index (χ1n) is 6.49. The fourth-order valence-electron chi connectivity index (χ4n) is 1.84. The number of non-ortho nitro benzene ring substituents is 1. The number of nitrogens with one attached hydrogen (secondary N) is 2. The van der Waals surface area contributed by atoms with Gasteiger partial charge in [0.2, 0.25) is 0 Å². The number of nitro benzene ring substituents is 1. The van der Waals surface area contributed by atoms with Gasteiger partial charge in [0.05, 0.1) is 15.5 Å². The van der Waals surface area contributed by atoms with Crippen molar-refractivity contribution in [3.8, 4) is 0 Å². The number of rotatable bonds is 4. The minimum absolute atomic E-state index is 0.0118. The van der Waals surface area contributed by atoms with Crippen LogP contribution in [0.15, 0.2) is 33.9 Å². The van der Waals surface area contributed by atoms with E-state index in [1.165, 1.54) is 20.2 Å². The van der Waals surface area contributed by atoms with Gasteiger partial charge in [0, 0.05) is 32.3 Å². The zero-order valence-corrected chi connectivity index (χ0v) is 13.3. The quantitative estimate of drug-likeness (QED) is 0.605. The Balaban J connectivity index is 2.26. The first kappa shape index (κ1) is 17.2. The standard InChI is InChI=1S/C13H12ClN5O5/c1-17-10(6-11(20)18(2)13(17)22)15-16-12(21)8-5-7(19(23)24)3-4-9(8)14/h3-6,15H,1-2H3,(H,16,21). The van der Waals surface area contributed by atoms with Gasteiger partial charge < -0.3 is 0 Å². The number of amides is 1. The molecule has 1 aromatic heterocycles. The molecule has 0 saturated heterocycles. The van der Waals surface area contributed by atoms with Gasteiger partial charge in [-0.2, -0.15) is 0 Å². The molecule has 2 N–H and O–H groups in total. The summed E-state index contributed by atoms with van der Waals surface area (Å²) in [6, 6.07) is 4.51. The summed E-state index contributed by atoms with van der Waals surface area (Å²) >= 11 is 5.86. The average molecular weight is 354 g/mol. The molecule has 10 nitrogen and oxygen atoms in total. The van der Waals surface area contributed by atoms with E-state index >= 15 is 0 Å². The second-order valence-corrected chi connectivity index (χ2v) is 5.18. The van der Waals surface area contributed by atoms with E-state index < -0.39 is 22.1 Å². The maximum Gasteiger partial charge on any atom is 0.332 e. The molecule has 0 aliphatic rings. The SMILES string of the molecule is Cn1c(NNC(=O)c2cc([N+](=O)[O-])ccc2Cl)cc(=O)n(C)c1=O. The van der Waals surface area contributed by atoms with Crippen LogP contribution < -0.4 is 22.1 Å². The number of aromatic nitrogens is 2. The third-order valence-electron chi connectivity index (χ3n) is 3.24. The van der Waals surface area contributed by atoms with E-state index in [4.69, 9.17) is 11.6 Å². The Bertz CT molecular complexity index is 949. The third kappa shape index (κ3) is 3.27. The van der Waals surface area contributed by atoms with Crippen molar-refractivity contribution in [2.24, 2.45) is 14.1 Å². The van der Waals surface area contributed by atoms with Crippen LogP contribution in [0.2, 0.25) is 5.02 Å². The van der Waals surface area contributed by atoms with Crippen LogP contribution in [-0.4, -0.2) is 20.0 Å². The van der Waals surface area contributed by atoms with Crippen LogP contribution in [0, 0.1) is 10.1 Å². The van der Waals surface area contributed by atoms with Gasteiger partial charge in [-0.15, -0.1) is 0 Å². The normalized spacial score (nSPS) is 10.3. The minimum atomic E-state index is -0.767. The maximum absolute atomic E-state index is 12.1. The molecule has 2 rings (SSSR count). The van der Waals surface area contributed by atoms with Crippen LogP contribution in [0.3, 0.4) is 0 Å². The van der Waals surface area contributed by atoms with Gasteiger partial charge in [-0.3, -0.25) is 39.7 Å². The molecule has 0 aliphatic heterocycles. The third-order valence-corrected chi connectivity index (χ3v) is 3.57. The molecule has 0 unspecified atom stereocenters. The summed E-state index contributed by atoms with van der Waals surface area (Å²) in [5.41, 5.74) is 3.06. The van der Waals surface area contributed by atoms with Crippen LogP contribution in [0.25, 0.3) is 0 Å². The van der Waals surface area contributed by atoms with Crippen molar-refractivity contribution in [3.63, 3.8) is 0 Å². The summed E-state index contributed by atoms with van der Waals surface area (Å²) in [7, 11) is 2.71. The van der Waals surface area contributed by atoms with Crippen molar-refractivity contribution in [2.75, 3.05) is 5.43 Å². The lowest BCUT2D eigenvalue weighted by molar-refractivity contribution is -0.384. The summed E-state index contributed by atoms with van der Waals surface area (Å²) in [6.07, 6.45) is 0. The number of nitro groups is 1. The van der Waals surface area contributed by atoms with Gasteiger partial charge >= 0.3 is 5.69 Å². The molecule has 126 valence electrons. The molecular formula is C13H12ClN5O5. The molecule has 0 fully saturated rings. The summed E-state index contributed by atoms with van der Waals surface area (Å²) in [6.45, 7) is 0. The highest BCUT2D eigenvalue weighted by molar-refractivity contribution is 6.34. The Labute approximate surface area is 139 Å². The first-order chi connectivity index (χ1) is 11.2. The number of hydrogen-bond acceptors (Lipinski definition) is 6. The lowest BCUT2D eigenvalue weighted by Gasteiger charge is -2.13. The number of benzene rings is 1. The number of hydrogen-bond donors (Lipinski definition) is 2. The van der Waals surface area contributed by atoms with E-state index in [9.17, 15) is 24.5 Å². The molecule has 2 aromatic rings. The largest absolute Gasteiger partial charge is 0.332 e. The number of hydrazine groups is 1. The second-order valence-electron chi connectivity index (χ2n) is 4.77. The van der Waals surface area contributed by atoms with Crippen molar-refractivity contribution >= 4 is 29.0 Å². The molecular weight excluding hydrogens is 342 g/mol. The summed E-state index contributed by atoms with van der Waals surface area (Å²) in [4.78, 5) is 45.6. The fraction of sp³-hybridized carbons (Fsp3) is 0.154. The van der Waals surface area contributed by atoms with Crippen molar-refractivity contribution in [1.82, 2.24) is 14.6 Å². The molecule has 0 atom stereocenters. The van der Waals surface area contributed by atoms with Crippen LogP contribution in [0.1, 0.15) is 10.4 Å². The van der Waals surface area contributed by atoms with E-state index in [1.807, 2.05) is 0 Å². The molecule has 1 amide bonds. The number of carbonyl (C=O) groups excluding carboxylic acids is 1. The predicted octanol–water partition coefficient (Wildman–Crippen LogP) is 0.402. The van der Waals surface area contributed by atoms with Gasteiger partial charge in [0.25, 0.3) is 17.2 Å². The molecule has 0 radical (unpaired) electrons. The van der Waals surface area contributed by atoms with E-state index in [2.05, 4.69) is 10.9 Å². The van der Waals surface area contributed by atoms with Gasteiger partial charge in [-0.1, -0.05) is 11.6 Å². The molecule has 0 spiro atoms. The number of carbonyl (C=O) groups is 1. The van der Waals surface area contributed by atoms with Crippen LogP contribution >= 0.6 is 11.6 Å². The van der Waals surface area contributed by atoms with Crippen molar-refractivity contribution in [1.29, 1.82) is 0 Å². The predicted molar refractivity (Wildman–Crippen MR) is 86.1 cm³/mol. The Hall–Kier alpha value is -3.14. The van der Waals surface area contributed by atoms with Crippen molar-refractivity contribution in [3.05, 3.63) is 65.8 Å². The highest BCUT2D eigenvalue weighted by Gasteiger charge is 2.16. The van der Waals surface area contributed by atoms with Gasteiger partial charge in [0.1, 0.15) is 5.82 Å². The minimum Gasteiger partial charge on any atom is -0.283 e. The van der Waals surface area contributed by atoms with E-state index in [-0.39, 0.29) is 22.1 Å². The molecule has 0 saturated carbocycles. The summed E-state index contributed by atoms with van der Waals surface area (Å²) in [5, 5.41) is 10.8. The van der Waals surface area contributed by atoms with Crippen LogP contribution in [-0.2, 0) is 14.1 Å². The Morgan fingerprint density at radius 2 is 1.88 bits per heavy atom. The first-order valence-corrected chi connectivity index (χ1v) is 6.87. The molecule has 0 bridgehead atoms. The Kier molecular flexibility index (Phi) is 4.69. The maximum atomic E-state index is 12.1. The van der Waals surface area contributed by atoms with Crippen LogP contribution in [0.4, 0.5) is 11.5 Å². The summed E-state index contributed by atoms with van der Waals surface area (Å²) in [5.74, 6) is -0.727. The van der Waals surface area contributed by atoms with Gasteiger partial charge in [-0.25, -0.2) is 4.79 Å². The zero-order valence-electron chi connectivity index (χ0n) is 12.6. The highest BCUT2D eigenvalue weighted by atomic mass is 35.5. The highest BCUT2D eigenvalue weighted by Crippen LogP contribution is 2.21. The Morgan fingerprint density at radius 1 is 1.21 bits per heavy atom. The molecule has 1 aromatic carbocycles. The fourth-order valence-corrected chi connectivity index (χ4v) is 2.05. The van der Waals surface area contributed by atoms with E-state index in [0.717, 1.165) is 27.3 Å². The zero-order chi connectivity index (χ0) is 18.0. The van der Waals surface area contributed by atoms with Crippen LogP contribution in [0.5, 0.6) is 0 Å². The average Bonchev–Trinajstić information content (AvgIpc) is 2.54. The van der Waals surface area contributed by atoms with Gasteiger partial charge in [0.15, 0.2) is 0 Å².